The van der Waals surface area contributed by atoms with E-state index in [0.29, 0.717) is 17.6 Å². The molecule has 324 valence electrons. The van der Waals surface area contributed by atoms with E-state index in [9.17, 15) is 0 Å². The van der Waals surface area contributed by atoms with Crippen LogP contribution in [0, 0.1) is 0 Å². The Hall–Kier alpha value is -9.19. The van der Waals surface area contributed by atoms with Gasteiger partial charge in [0.15, 0.2) is 11.6 Å². The number of benzene rings is 10. The fraction of sp³-hybridized carbons (Fsp3) is 0.0156. The average Bonchev–Trinajstić information content (AvgIpc) is 3.43. The number of anilines is 3. The van der Waals surface area contributed by atoms with Crippen LogP contribution in [0.3, 0.4) is 0 Å². The van der Waals surface area contributed by atoms with Crippen molar-refractivity contribution in [2.45, 2.75) is 5.41 Å². The molecular weight excluding hydrogens is 841 g/mol. The minimum absolute atomic E-state index is 0.517. The number of fused-ring (bicyclic) bond motifs is 8. The summed E-state index contributed by atoms with van der Waals surface area (Å²) in [4.78, 5) is 18.2. The number of hydrogen-bond acceptors (Lipinski definition) is 5. The summed E-state index contributed by atoms with van der Waals surface area (Å²) in [5.74, 6) is 3.32. The monoisotopic (exact) mass is 882 g/mol. The standard InChI is InChI=1S/C64H42N4O/c1-5-21-43(22-6-1)49-29-13-15-31-51(49)47-37-39-57-55(41-47)64(53-33-17-19-35-59(53)69-60-36-20-18-34-54(60)64)56-42-48(52-32-16-14-30-50(52)44-23-7-2-8-24-44)38-40-58(56)68(57)63-66-61(45-25-9-3-10-26-45)65-62(67-63)46-27-11-4-12-28-46/h1-42H. The van der Waals surface area contributed by atoms with Crippen molar-refractivity contribution in [2.24, 2.45) is 0 Å². The zero-order valence-corrected chi connectivity index (χ0v) is 37.4. The molecule has 0 atom stereocenters. The molecule has 1 aromatic heterocycles. The van der Waals surface area contributed by atoms with Crippen LogP contribution in [0.15, 0.2) is 255 Å². The third-order valence-electron chi connectivity index (χ3n) is 13.6. The van der Waals surface area contributed by atoms with Gasteiger partial charge in [0.05, 0.1) is 16.8 Å². The van der Waals surface area contributed by atoms with E-state index in [4.69, 9.17) is 19.7 Å². The van der Waals surface area contributed by atoms with E-state index >= 15 is 0 Å². The van der Waals surface area contributed by atoms with Crippen molar-refractivity contribution in [2.75, 3.05) is 4.90 Å². The number of rotatable bonds is 7. The van der Waals surface area contributed by atoms with E-state index in [1.165, 1.54) is 0 Å². The van der Waals surface area contributed by atoms with Crippen LogP contribution in [0.1, 0.15) is 22.3 Å². The van der Waals surface area contributed by atoms with Gasteiger partial charge in [0.1, 0.15) is 11.5 Å². The summed E-state index contributed by atoms with van der Waals surface area (Å²) in [6.45, 7) is 0. The molecule has 10 aromatic carbocycles. The maximum Gasteiger partial charge on any atom is 0.238 e. The summed E-state index contributed by atoms with van der Waals surface area (Å²) < 4.78 is 6.91. The summed E-state index contributed by atoms with van der Waals surface area (Å²) in [6, 6.07) is 90.1. The van der Waals surface area contributed by atoms with Gasteiger partial charge in [-0.3, -0.25) is 4.90 Å². The van der Waals surface area contributed by atoms with Gasteiger partial charge in [-0.1, -0.05) is 218 Å². The molecule has 5 nitrogen and oxygen atoms in total. The summed E-state index contributed by atoms with van der Waals surface area (Å²) >= 11 is 0. The molecule has 0 amide bonds. The molecule has 0 saturated heterocycles. The molecule has 0 unspecified atom stereocenters. The summed E-state index contributed by atoms with van der Waals surface area (Å²) in [5, 5.41) is 0. The Morgan fingerprint density at radius 2 is 0.638 bits per heavy atom. The molecule has 69 heavy (non-hydrogen) atoms. The fourth-order valence-electron chi connectivity index (χ4n) is 10.6. The third kappa shape index (κ3) is 6.66. The minimum atomic E-state index is -0.875. The zero-order valence-electron chi connectivity index (χ0n) is 37.4. The van der Waals surface area contributed by atoms with Crippen molar-refractivity contribution in [3.8, 4) is 78.8 Å². The van der Waals surface area contributed by atoms with Crippen LogP contribution >= 0.6 is 0 Å². The van der Waals surface area contributed by atoms with Crippen LogP contribution in [0.25, 0.3) is 67.3 Å². The lowest BCUT2D eigenvalue weighted by Gasteiger charge is -2.48. The Kier molecular flexibility index (Phi) is 9.65. The van der Waals surface area contributed by atoms with Crippen molar-refractivity contribution in [1.29, 1.82) is 0 Å². The minimum Gasteiger partial charge on any atom is -0.457 e. The maximum atomic E-state index is 6.91. The van der Waals surface area contributed by atoms with Gasteiger partial charge >= 0.3 is 0 Å². The summed E-state index contributed by atoms with van der Waals surface area (Å²) in [5.41, 5.74) is 16.2. The molecule has 11 aromatic rings. The summed E-state index contributed by atoms with van der Waals surface area (Å²) in [6.07, 6.45) is 0. The number of ether oxygens (including phenoxy) is 1. The van der Waals surface area contributed by atoms with Gasteiger partial charge in [0.25, 0.3) is 0 Å². The molecule has 1 spiro atoms. The second kappa shape index (κ2) is 16.6. The van der Waals surface area contributed by atoms with Gasteiger partial charge < -0.3 is 4.74 Å². The maximum absolute atomic E-state index is 6.91. The first-order chi connectivity index (χ1) is 34.2. The van der Waals surface area contributed by atoms with Gasteiger partial charge in [-0.05, 0) is 92.0 Å². The largest absolute Gasteiger partial charge is 0.457 e. The van der Waals surface area contributed by atoms with Gasteiger partial charge in [0.2, 0.25) is 5.95 Å². The van der Waals surface area contributed by atoms with Gasteiger partial charge in [0, 0.05) is 22.3 Å². The van der Waals surface area contributed by atoms with E-state index in [1.807, 2.05) is 36.4 Å². The van der Waals surface area contributed by atoms with E-state index in [-0.39, 0.29) is 0 Å². The quantitative estimate of drug-likeness (QED) is 0.160. The molecule has 2 aliphatic heterocycles. The van der Waals surface area contributed by atoms with E-state index < -0.39 is 5.41 Å². The van der Waals surface area contributed by atoms with E-state index in [0.717, 1.165) is 101 Å². The molecule has 0 fully saturated rings. The number of nitrogens with zero attached hydrogens (tertiary/aromatic N) is 4. The van der Waals surface area contributed by atoms with Crippen molar-refractivity contribution in [1.82, 2.24) is 15.0 Å². The SMILES string of the molecule is c1ccc(-c2nc(-c3ccccc3)nc(N3c4ccc(-c5ccccc5-c5ccccc5)cc4C4(c5ccccc5Oc5ccccc54)c4cc(-c5ccccc5-c5ccccc5)ccc43)n2)cc1. The Morgan fingerprint density at radius 3 is 1.06 bits per heavy atom. The topological polar surface area (TPSA) is 51.1 Å². The molecule has 3 heterocycles. The lowest BCUT2D eigenvalue weighted by atomic mass is 9.60. The number of hydrogen-bond donors (Lipinski definition) is 0. The molecule has 0 saturated carbocycles. The lowest BCUT2D eigenvalue weighted by molar-refractivity contribution is 0.434. The van der Waals surface area contributed by atoms with Gasteiger partial charge in [-0.2, -0.15) is 9.97 Å². The van der Waals surface area contributed by atoms with E-state index in [1.54, 1.807) is 0 Å². The van der Waals surface area contributed by atoms with Crippen LogP contribution in [0.4, 0.5) is 17.3 Å². The molecule has 5 heteroatoms. The van der Waals surface area contributed by atoms with Crippen LogP contribution < -0.4 is 9.64 Å². The van der Waals surface area contributed by atoms with Crippen LogP contribution in [-0.4, -0.2) is 15.0 Å². The highest BCUT2D eigenvalue weighted by molar-refractivity contribution is 5.95. The molecule has 13 rings (SSSR count). The Labute approximate surface area is 401 Å². The van der Waals surface area contributed by atoms with Crippen LogP contribution in [0.5, 0.6) is 11.5 Å². The average molecular weight is 883 g/mol. The van der Waals surface area contributed by atoms with Crippen LogP contribution in [-0.2, 0) is 5.41 Å². The molecule has 2 aliphatic rings. The van der Waals surface area contributed by atoms with Crippen molar-refractivity contribution >= 4 is 17.3 Å². The molecule has 0 bridgehead atoms. The van der Waals surface area contributed by atoms with Crippen molar-refractivity contribution in [3.63, 3.8) is 0 Å². The highest BCUT2D eigenvalue weighted by Gasteiger charge is 2.52. The van der Waals surface area contributed by atoms with Crippen molar-refractivity contribution in [3.05, 3.63) is 277 Å². The second-order valence-corrected chi connectivity index (χ2v) is 17.5. The first kappa shape index (κ1) is 40.1. The number of aromatic nitrogens is 3. The molecular formula is C64H42N4O. The third-order valence-corrected chi connectivity index (χ3v) is 13.6. The van der Waals surface area contributed by atoms with Gasteiger partial charge in [-0.25, -0.2) is 4.98 Å². The second-order valence-electron chi connectivity index (χ2n) is 17.5. The Bertz CT molecular complexity index is 3470. The van der Waals surface area contributed by atoms with Gasteiger partial charge in [-0.15, -0.1) is 0 Å². The predicted molar refractivity (Wildman–Crippen MR) is 279 cm³/mol. The normalized spacial score (nSPS) is 12.8. The Morgan fingerprint density at radius 1 is 0.290 bits per heavy atom. The smallest absolute Gasteiger partial charge is 0.238 e. The van der Waals surface area contributed by atoms with Crippen LogP contribution in [0.2, 0.25) is 0 Å². The predicted octanol–water partition coefficient (Wildman–Crippen LogP) is 16.1. The molecule has 0 N–H and O–H groups in total. The first-order valence-electron chi connectivity index (χ1n) is 23.3. The Balaban J connectivity index is 1.16. The highest BCUT2D eigenvalue weighted by atomic mass is 16.5. The molecule has 0 aliphatic carbocycles. The highest BCUT2D eigenvalue weighted by Crippen LogP contribution is 2.63. The lowest BCUT2D eigenvalue weighted by Crippen LogP contribution is -2.40. The zero-order chi connectivity index (χ0) is 45.7. The van der Waals surface area contributed by atoms with Crippen molar-refractivity contribution < 1.29 is 4.74 Å². The first-order valence-corrected chi connectivity index (χ1v) is 23.3. The molecule has 0 radical (unpaired) electrons. The summed E-state index contributed by atoms with van der Waals surface area (Å²) in [7, 11) is 0. The fourth-order valence-corrected chi connectivity index (χ4v) is 10.6. The van der Waals surface area contributed by atoms with E-state index in [2.05, 4.69) is 223 Å². The number of para-hydroxylation sites is 2.